The molecule has 8 nitrogen and oxygen atoms in total. The summed E-state index contributed by atoms with van der Waals surface area (Å²) in [7, 11) is 0.426. The van der Waals surface area contributed by atoms with Crippen molar-refractivity contribution in [3.05, 3.63) is 42.0 Å². The average Bonchev–Trinajstić information content (AvgIpc) is 2.67. The molecule has 152 valence electrons. The predicted octanol–water partition coefficient (Wildman–Crippen LogP) is 2.81. The summed E-state index contributed by atoms with van der Waals surface area (Å²) in [4.78, 5) is 2.09. The summed E-state index contributed by atoms with van der Waals surface area (Å²) in [6, 6.07) is 9.64. The molecular weight excluding hydrogens is 384 g/mol. The summed E-state index contributed by atoms with van der Waals surface area (Å²) in [6.45, 7) is 3.80. The summed E-state index contributed by atoms with van der Waals surface area (Å²) in [5.41, 5.74) is 0.636. The standard InChI is InChI=1S/C19H24N2O6S/c1-13(2)27-18-10-14(6-8-16(18)25-4)12-20-21-28(22,23)19-11-15(24-3)7-9-17(19)26-5/h6-13,21H,1-5H3/b20-12+. The molecule has 0 atom stereocenters. The molecule has 0 aliphatic rings. The molecule has 0 aromatic heterocycles. The Hall–Kier alpha value is -2.94. The van der Waals surface area contributed by atoms with Gasteiger partial charge >= 0.3 is 0 Å². The minimum atomic E-state index is -3.96. The topological polar surface area (TPSA) is 95.5 Å². The van der Waals surface area contributed by atoms with Crippen LogP contribution in [-0.4, -0.2) is 42.1 Å². The Morgan fingerprint density at radius 2 is 1.61 bits per heavy atom. The zero-order chi connectivity index (χ0) is 20.7. The Balaban J connectivity index is 2.24. The summed E-state index contributed by atoms with van der Waals surface area (Å²) >= 11 is 0. The van der Waals surface area contributed by atoms with Gasteiger partial charge in [0.05, 0.1) is 33.6 Å². The van der Waals surface area contributed by atoms with Crippen molar-refractivity contribution < 1.29 is 27.4 Å². The Bertz CT molecular complexity index is 941. The van der Waals surface area contributed by atoms with Crippen LogP contribution in [0.25, 0.3) is 0 Å². The number of hydrazone groups is 1. The fraction of sp³-hybridized carbons (Fsp3) is 0.316. The highest BCUT2D eigenvalue weighted by atomic mass is 32.2. The molecule has 0 saturated heterocycles. The molecule has 0 spiro atoms. The van der Waals surface area contributed by atoms with Gasteiger partial charge in [-0.05, 0) is 49.7 Å². The van der Waals surface area contributed by atoms with E-state index in [2.05, 4.69) is 9.93 Å². The predicted molar refractivity (Wildman–Crippen MR) is 106 cm³/mol. The highest BCUT2D eigenvalue weighted by molar-refractivity contribution is 7.89. The molecule has 0 heterocycles. The smallest absolute Gasteiger partial charge is 0.280 e. The van der Waals surface area contributed by atoms with Crippen LogP contribution in [0.5, 0.6) is 23.0 Å². The van der Waals surface area contributed by atoms with Crippen molar-refractivity contribution in [3.8, 4) is 23.0 Å². The van der Waals surface area contributed by atoms with Crippen LogP contribution in [0.4, 0.5) is 0 Å². The molecule has 0 saturated carbocycles. The second kappa shape index (κ2) is 9.32. The molecule has 2 aromatic rings. The largest absolute Gasteiger partial charge is 0.497 e. The molecule has 0 bridgehead atoms. The Kier molecular flexibility index (Phi) is 7.11. The lowest BCUT2D eigenvalue weighted by Gasteiger charge is -2.13. The van der Waals surface area contributed by atoms with E-state index in [4.69, 9.17) is 18.9 Å². The molecule has 0 unspecified atom stereocenters. The molecule has 28 heavy (non-hydrogen) atoms. The first-order chi connectivity index (χ1) is 13.3. The van der Waals surface area contributed by atoms with Crippen molar-refractivity contribution in [2.45, 2.75) is 24.8 Å². The van der Waals surface area contributed by atoms with Gasteiger partial charge in [-0.3, -0.25) is 0 Å². The van der Waals surface area contributed by atoms with Crippen LogP contribution in [0.3, 0.4) is 0 Å². The molecular formula is C19H24N2O6S. The van der Waals surface area contributed by atoms with E-state index in [1.165, 1.54) is 32.6 Å². The third-order valence-corrected chi connectivity index (χ3v) is 4.84. The van der Waals surface area contributed by atoms with E-state index in [1.54, 1.807) is 31.4 Å². The van der Waals surface area contributed by atoms with Crippen LogP contribution in [0.15, 0.2) is 46.4 Å². The second-order valence-electron chi connectivity index (χ2n) is 5.95. The fourth-order valence-corrected chi connectivity index (χ4v) is 3.31. The van der Waals surface area contributed by atoms with Gasteiger partial charge in [0, 0.05) is 6.07 Å². The maximum Gasteiger partial charge on any atom is 0.280 e. The first kappa shape index (κ1) is 21.4. The highest BCUT2D eigenvalue weighted by Gasteiger charge is 2.20. The third-order valence-electron chi connectivity index (χ3n) is 3.60. The number of ether oxygens (including phenoxy) is 4. The number of sulfonamides is 1. The van der Waals surface area contributed by atoms with Gasteiger partial charge in [0.1, 0.15) is 16.4 Å². The minimum Gasteiger partial charge on any atom is -0.497 e. The summed E-state index contributed by atoms with van der Waals surface area (Å²) in [6.07, 6.45) is 1.33. The molecule has 0 aliphatic carbocycles. The Labute approximate surface area is 165 Å². The molecule has 0 radical (unpaired) electrons. The van der Waals surface area contributed by atoms with E-state index in [1.807, 2.05) is 13.8 Å². The van der Waals surface area contributed by atoms with Gasteiger partial charge in [0.25, 0.3) is 10.0 Å². The third kappa shape index (κ3) is 5.29. The Morgan fingerprint density at radius 3 is 2.21 bits per heavy atom. The van der Waals surface area contributed by atoms with E-state index in [0.29, 0.717) is 22.8 Å². The van der Waals surface area contributed by atoms with E-state index < -0.39 is 10.0 Å². The van der Waals surface area contributed by atoms with E-state index >= 15 is 0 Å². The number of methoxy groups -OCH3 is 3. The van der Waals surface area contributed by atoms with Crippen molar-refractivity contribution in [1.29, 1.82) is 0 Å². The second-order valence-corrected chi connectivity index (χ2v) is 7.58. The first-order valence-corrected chi connectivity index (χ1v) is 9.90. The van der Waals surface area contributed by atoms with Crippen LogP contribution in [-0.2, 0) is 10.0 Å². The van der Waals surface area contributed by atoms with Gasteiger partial charge in [-0.15, -0.1) is 0 Å². The van der Waals surface area contributed by atoms with Gasteiger partial charge in [-0.25, -0.2) is 0 Å². The van der Waals surface area contributed by atoms with Gasteiger partial charge in [-0.1, -0.05) is 0 Å². The quantitative estimate of drug-likeness (QED) is 0.506. The lowest BCUT2D eigenvalue weighted by Crippen LogP contribution is -2.19. The normalized spacial score (nSPS) is 11.5. The zero-order valence-electron chi connectivity index (χ0n) is 16.4. The number of nitrogens with one attached hydrogen (secondary N) is 1. The monoisotopic (exact) mass is 408 g/mol. The SMILES string of the molecule is COc1ccc(OC)c(S(=O)(=O)N/N=C/c2ccc(OC)c(OC(C)C)c2)c1. The van der Waals surface area contributed by atoms with Crippen molar-refractivity contribution in [2.75, 3.05) is 21.3 Å². The van der Waals surface area contributed by atoms with Crippen LogP contribution >= 0.6 is 0 Å². The maximum absolute atomic E-state index is 12.6. The number of hydrogen-bond donors (Lipinski definition) is 1. The average molecular weight is 408 g/mol. The number of nitrogens with zero attached hydrogens (tertiary/aromatic N) is 1. The van der Waals surface area contributed by atoms with Crippen LogP contribution in [0.1, 0.15) is 19.4 Å². The summed E-state index contributed by atoms with van der Waals surface area (Å²) < 4.78 is 46.3. The van der Waals surface area contributed by atoms with Crippen molar-refractivity contribution in [2.24, 2.45) is 5.10 Å². The highest BCUT2D eigenvalue weighted by Crippen LogP contribution is 2.29. The minimum absolute atomic E-state index is 0.0416. The van der Waals surface area contributed by atoms with Crippen LogP contribution in [0, 0.1) is 0 Å². The maximum atomic E-state index is 12.6. The van der Waals surface area contributed by atoms with Gasteiger partial charge in [-0.2, -0.15) is 18.4 Å². The van der Waals surface area contributed by atoms with Gasteiger partial charge < -0.3 is 18.9 Å². The molecule has 0 aliphatic heterocycles. The van der Waals surface area contributed by atoms with E-state index in [-0.39, 0.29) is 16.7 Å². The molecule has 0 fully saturated rings. The number of rotatable bonds is 9. The van der Waals surface area contributed by atoms with E-state index in [9.17, 15) is 8.42 Å². The van der Waals surface area contributed by atoms with Crippen molar-refractivity contribution in [1.82, 2.24) is 4.83 Å². The van der Waals surface area contributed by atoms with Gasteiger partial charge in [0.15, 0.2) is 11.5 Å². The number of hydrogen-bond acceptors (Lipinski definition) is 7. The zero-order valence-corrected chi connectivity index (χ0v) is 17.2. The molecule has 2 rings (SSSR count). The molecule has 2 aromatic carbocycles. The molecule has 9 heteroatoms. The van der Waals surface area contributed by atoms with Crippen LogP contribution in [0.2, 0.25) is 0 Å². The van der Waals surface area contributed by atoms with Crippen LogP contribution < -0.4 is 23.8 Å². The number of benzene rings is 2. The lowest BCUT2D eigenvalue weighted by atomic mass is 10.2. The van der Waals surface area contributed by atoms with Crippen molar-refractivity contribution >= 4 is 16.2 Å². The van der Waals surface area contributed by atoms with Crippen molar-refractivity contribution in [3.63, 3.8) is 0 Å². The Morgan fingerprint density at radius 1 is 0.929 bits per heavy atom. The molecule has 1 N–H and O–H groups in total. The van der Waals surface area contributed by atoms with E-state index in [0.717, 1.165) is 0 Å². The summed E-state index contributed by atoms with van der Waals surface area (Å²) in [5.74, 6) is 1.68. The molecule has 0 amide bonds. The fourth-order valence-electron chi connectivity index (χ4n) is 2.33. The first-order valence-electron chi connectivity index (χ1n) is 8.42. The summed E-state index contributed by atoms with van der Waals surface area (Å²) in [5, 5.41) is 3.84. The lowest BCUT2D eigenvalue weighted by molar-refractivity contribution is 0.230. The van der Waals surface area contributed by atoms with Gasteiger partial charge in [0.2, 0.25) is 0 Å².